The molecule has 0 bridgehead atoms. The van der Waals surface area contributed by atoms with Gasteiger partial charge < -0.3 is 4.74 Å². The van der Waals surface area contributed by atoms with E-state index in [0.717, 1.165) is 27.0 Å². The summed E-state index contributed by atoms with van der Waals surface area (Å²) in [5.74, 6) is -0.967. The van der Waals surface area contributed by atoms with Crippen molar-refractivity contribution >= 4 is 27.3 Å². The van der Waals surface area contributed by atoms with Crippen LogP contribution in [-0.2, 0) is 0 Å². The number of ether oxygens (including phenoxy) is 1. The van der Waals surface area contributed by atoms with Crippen molar-refractivity contribution < 1.29 is 4.74 Å². The van der Waals surface area contributed by atoms with Gasteiger partial charge in [0.15, 0.2) is 0 Å². The van der Waals surface area contributed by atoms with Crippen LogP contribution in [0.5, 0.6) is 5.75 Å². The summed E-state index contributed by atoms with van der Waals surface area (Å²) in [4.78, 5) is 18.1. The number of halogens is 1. The van der Waals surface area contributed by atoms with E-state index in [1.165, 1.54) is 16.0 Å². The van der Waals surface area contributed by atoms with Gasteiger partial charge in [-0.25, -0.2) is 4.98 Å². The average Bonchev–Trinajstić information content (AvgIpc) is 3.43. The van der Waals surface area contributed by atoms with Crippen LogP contribution in [-0.4, -0.2) is 21.9 Å². The van der Waals surface area contributed by atoms with Crippen molar-refractivity contribution in [2.24, 2.45) is 5.92 Å². The van der Waals surface area contributed by atoms with Crippen LogP contribution in [0.2, 0.25) is 0 Å². The number of methoxy groups -OCH3 is 1. The third-order valence-corrected chi connectivity index (χ3v) is 6.69. The Balaban J connectivity index is 1.78. The van der Waals surface area contributed by atoms with Crippen molar-refractivity contribution in [3.8, 4) is 34.3 Å². The summed E-state index contributed by atoms with van der Waals surface area (Å²) in [6, 6.07) is 18.9. The first kappa shape index (κ1) is 22.5. The largest absolute Gasteiger partial charge is 0.497 e. The summed E-state index contributed by atoms with van der Waals surface area (Å²) in [7, 11) is 1.61. The Labute approximate surface area is 202 Å². The first-order chi connectivity index (χ1) is 16.0. The molecule has 7 nitrogen and oxygen atoms in total. The summed E-state index contributed by atoms with van der Waals surface area (Å²) in [5.41, 5.74) is 2.99. The van der Waals surface area contributed by atoms with E-state index in [4.69, 9.17) is 4.74 Å². The van der Waals surface area contributed by atoms with Crippen LogP contribution >= 0.6 is 27.3 Å². The molecule has 0 amide bonds. The predicted molar refractivity (Wildman–Crippen MR) is 129 cm³/mol. The van der Waals surface area contributed by atoms with Crippen LogP contribution < -0.4 is 10.3 Å². The summed E-state index contributed by atoms with van der Waals surface area (Å²) in [6.45, 7) is 1.77. The molecule has 1 atom stereocenters. The van der Waals surface area contributed by atoms with Crippen molar-refractivity contribution in [3.05, 3.63) is 85.6 Å². The quantitative estimate of drug-likeness (QED) is 0.378. The van der Waals surface area contributed by atoms with Gasteiger partial charge in [-0.15, -0.1) is 11.3 Å². The molecule has 0 unspecified atom stereocenters. The third-order valence-electron chi connectivity index (χ3n) is 5.34. The third kappa shape index (κ3) is 4.34. The fraction of sp³-hybridized carbons (Fsp3) is 0.167. The molecule has 0 fully saturated rings. The Morgan fingerprint density at radius 1 is 1.12 bits per heavy atom. The van der Waals surface area contributed by atoms with Crippen molar-refractivity contribution in [2.75, 3.05) is 7.11 Å². The maximum atomic E-state index is 13.5. The number of nitriles is 2. The number of H-pyrrole nitrogens is 1. The van der Waals surface area contributed by atoms with Crippen LogP contribution in [0.25, 0.3) is 16.4 Å². The fourth-order valence-electron chi connectivity index (χ4n) is 3.70. The highest BCUT2D eigenvalue weighted by molar-refractivity contribution is 9.10. The minimum Gasteiger partial charge on any atom is -0.497 e. The predicted octanol–water partition coefficient (Wildman–Crippen LogP) is 5.16. The summed E-state index contributed by atoms with van der Waals surface area (Å²) >= 11 is 4.73. The van der Waals surface area contributed by atoms with Gasteiger partial charge in [0, 0.05) is 32.6 Å². The average molecular weight is 520 g/mol. The molecule has 0 aliphatic carbocycles. The van der Waals surface area contributed by atoms with Crippen LogP contribution in [0.3, 0.4) is 0 Å². The highest BCUT2D eigenvalue weighted by Crippen LogP contribution is 2.33. The van der Waals surface area contributed by atoms with E-state index in [-0.39, 0.29) is 5.56 Å². The smallest absolute Gasteiger partial charge is 0.277 e. The molecular formula is C24H18BrN5O2S. The molecule has 0 saturated heterocycles. The SMILES string of the molecule is COc1ccc(-c2csc(-n3[nH]c(C)c([C@H](c4ccc(Br)cc4)C(C#N)C#N)c3=O)n2)cc1. The lowest BCUT2D eigenvalue weighted by Crippen LogP contribution is -2.23. The van der Waals surface area contributed by atoms with Gasteiger partial charge in [-0.3, -0.25) is 9.89 Å². The maximum absolute atomic E-state index is 13.5. The number of nitrogens with zero attached hydrogens (tertiary/aromatic N) is 4. The maximum Gasteiger partial charge on any atom is 0.277 e. The van der Waals surface area contributed by atoms with E-state index < -0.39 is 11.8 Å². The Morgan fingerprint density at radius 2 is 1.79 bits per heavy atom. The van der Waals surface area contributed by atoms with E-state index >= 15 is 0 Å². The zero-order valence-electron chi connectivity index (χ0n) is 17.7. The topological polar surface area (TPSA) is 107 Å². The molecule has 33 heavy (non-hydrogen) atoms. The highest BCUT2D eigenvalue weighted by atomic mass is 79.9. The van der Waals surface area contributed by atoms with Crippen molar-refractivity contribution in [1.29, 1.82) is 10.5 Å². The second kappa shape index (κ2) is 9.45. The van der Waals surface area contributed by atoms with E-state index in [1.54, 1.807) is 14.0 Å². The van der Waals surface area contributed by atoms with Gasteiger partial charge in [-0.1, -0.05) is 28.1 Å². The summed E-state index contributed by atoms with van der Waals surface area (Å²) in [5, 5.41) is 24.7. The minimum absolute atomic E-state index is 0.327. The molecule has 0 aliphatic rings. The number of aromatic amines is 1. The Bertz CT molecular complexity index is 1410. The standard InChI is InChI=1S/C24H18BrN5O2S/c1-14-21(22(17(11-26)12-27)16-3-7-18(25)8-4-16)23(31)30(29-14)24-28-20(13-33-24)15-5-9-19(32-2)10-6-15/h3-10,13,17,22,29H,1-2H3/t22-/m1/s1. The molecule has 2 aromatic heterocycles. The molecule has 164 valence electrons. The number of benzene rings is 2. The zero-order chi connectivity index (χ0) is 23.5. The first-order valence-corrected chi connectivity index (χ1v) is 11.6. The van der Waals surface area contributed by atoms with E-state index in [9.17, 15) is 15.3 Å². The Hall–Kier alpha value is -3.66. The molecule has 0 spiro atoms. The van der Waals surface area contributed by atoms with Crippen LogP contribution in [0, 0.1) is 35.5 Å². The van der Waals surface area contributed by atoms with Gasteiger partial charge in [0.05, 0.1) is 24.9 Å². The van der Waals surface area contributed by atoms with Gasteiger partial charge in [0.1, 0.15) is 11.7 Å². The molecule has 2 aromatic carbocycles. The Kier molecular flexibility index (Phi) is 6.45. The number of aryl methyl sites for hydroxylation is 1. The van der Waals surface area contributed by atoms with Gasteiger partial charge in [0.25, 0.3) is 5.56 Å². The van der Waals surface area contributed by atoms with E-state index in [2.05, 4.69) is 26.0 Å². The van der Waals surface area contributed by atoms with Crippen molar-refractivity contribution in [3.63, 3.8) is 0 Å². The number of rotatable bonds is 6. The molecule has 0 radical (unpaired) electrons. The number of hydrogen-bond acceptors (Lipinski definition) is 6. The minimum atomic E-state index is -1.02. The lowest BCUT2D eigenvalue weighted by molar-refractivity contribution is 0.415. The molecule has 1 N–H and O–H groups in total. The van der Waals surface area contributed by atoms with Gasteiger partial charge in [-0.2, -0.15) is 15.2 Å². The van der Waals surface area contributed by atoms with Crippen molar-refractivity contribution in [1.82, 2.24) is 14.8 Å². The van der Waals surface area contributed by atoms with Crippen molar-refractivity contribution in [2.45, 2.75) is 12.8 Å². The van der Waals surface area contributed by atoms with Gasteiger partial charge >= 0.3 is 0 Å². The van der Waals surface area contributed by atoms with Crippen LogP contribution in [0.4, 0.5) is 0 Å². The lowest BCUT2D eigenvalue weighted by atomic mass is 9.82. The molecule has 0 saturated carbocycles. The zero-order valence-corrected chi connectivity index (χ0v) is 20.1. The summed E-state index contributed by atoms with van der Waals surface area (Å²) < 4.78 is 7.44. The van der Waals surface area contributed by atoms with E-state index in [0.29, 0.717) is 16.4 Å². The number of thiazole rings is 1. The molecule has 0 aliphatic heterocycles. The fourth-order valence-corrected chi connectivity index (χ4v) is 4.75. The Morgan fingerprint density at radius 3 is 2.39 bits per heavy atom. The molecule has 4 rings (SSSR count). The number of aromatic nitrogens is 3. The summed E-state index contributed by atoms with van der Waals surface area (Å²) in [6.07, 6.45) is 0. The molecule has 9 heteroatoms. The lowest BCUT2D eigenvalue weighted by Gasteiger charge is -2.17. The van der Waals surface area contributed by atoms with Crippen LogP contribution in [0.15, 0.2) is 63.2 Å². The first-order valence-electron chi connectivity index (χ1n) is 9.93. The molecular weight excluding hydrogens is 502 g/mol. The van der Waals surface area contributed by atoms with Gasteiger partial charge in [-0.05, 0) is 48.9 Å². The number of hydrogen-bond donors (Lipinski definition) is 1. The second-order valence-corrected chi connectivity index (χ2v) is 9.05. The van der Waals surface area contributed by atoms with E-state index in [1.807, 2.05) is 66.0 Å². The monoisotopic (exact) mass is 519 g/mol. The number of nitrogens with one attached hydrogen (secondary N) is 1. The van der Waals surface area contributed by atoms with Gasteiger partial charge in [0.2, 0.25) is 5.13 Å². The molecule has 2 heterocycles. The second-order valence-electron chi connectivity index (χ2n) is 7.30. The highest BCUT2D eigenvalue weighted by Gasteiger charge is 2.31. The normalized spacial score (nSPS) is 11.7. The van der Waals surface area contributed by atoms with Crippen LogP contribution in [0.1, 0.15) is 22.7 Å². The molecule has 4 aromatic rings.